The zero-order valence-electron chi connectivity index (χ0n) is 17.5. The summed E-state index contributed by atoms with van der Waals surface area (Å²) < 4.78 is 0. The Morgan fingerprint density at radius 2 is 1.75 bits per heavy atom. The molecule has 0 bridgehead atoms. The lowest BCUT2D eigenvalue weighted by Crippen LogP contribution is -2.55. The van der Waals surface area contributed by atoms with E-state index in [4.69, 9.17) is 0 Å². The van der Waals surface area contributed by atoms with E-state index in [2.05, 4.69) is 39.7 Å². The van der Waals surface area contributed by atoms with Gasteiger partial charge in [-0.05, 0) is 52.3 Å². The number of piperidine rings is 1. The summed E-state index contributed by atoms with van der Waals surface area (Å²) in [5.41, 5.74) is 1.15. The van der Waals surface area contributed by atoms with Gasteiger partial charge >= 0.3 is 0 Å². The van der Waals surface area contributed by atoms with Crippen molar-refractivity contribution in [2.24, 2.45) is 4.99 Å². The zero-order valence-corrected chi connectivity index (χ0v) is 19.8. The number of benzene rings is 1. The number of guanidine groups is 1. The third kappa shape index (κ3) is 8.77. The predicted octanol–water partition coefficient (Wildman–Crippen LogP) is 2.74. The predicted molar refractivity (Wildman–Crippen MR) is 127 cm³/mol. The van der Waals surface area contributed by atoms with Gasteiger partial charge in [0.15, 0.2) is 5.96 Å². The highest BCUT2D eigenvalue weighted by molar-refractivity contribution is 14.0. The van der Waals surface area contributed by atoms with Gasteiger partial charge in [0.25, 0.3) is 0 Å². The Balaban J connectivity index is 0.00000392. The average Bonchev–Trinajstić information content (AvgIpc) is 2.70. The Bertz CT molecular complexity index is 600. The maximum Gasteiger partial charge on any atom is 0.242 e. The second-order valence-corrected chi connectivity index (χ2v) is 7.67. The molecule has 1 fully saturated rings. The summed E-state index contributed by atoms with van der Waals surface area (Å²) >= 11 is 0. The minimum atomic E-state index is -0.0775. The van der Waals surface area contributed by atoms with Gasteiger partial charge in [-0.15, -0.1) is 24.0 Å². The third-order valence-corrected chi connectivity index (χ3v) is 4.96. The van der Waals surface area contributed by atoms with Crippen LogP contribution < -0.4 is 16.0 Å². The van der Waals surface area contributed by atoms with Crippen molar-refractivity contribution in [2.45, 2.75) is 52.1 Å². The lowest BCUT2D eigenvalue weighted by molar-refractivity contribution is -0.119. The molecule has 3 N–H and O–H groups in total. The van der Waals surface area contributed by atoms with Gasteiger partial charge in [0, 0.05) is 25.2 Å². The zero-order chi connectivity index (χ0) is 19.5. The molecule has 7 heteroatoms. The molecule has 0 aromatic heterocycles. The average molecular weight is 501 g/mol. The maximum absolute atomic E-state index is 12.1. The van der Waals surface area contributed by atoms with E-state index in [0.29, 0.717) is 12.5 Å². The van der Waals surface area contributed by atoms with Gasteiger partial charge < -0.3 is 16.0 Å². The number of nitrogens with zero attached hydrogens (tertiary/aromatic N) is 2. The van der Waals surface area contributed by atoms with Crippen molar-refractivity contribution >= 4 is 35.8 Å². The molecule has 0 saturated carbocycles. The fraction of sp³-hybridized carbons (Fsp3) is 0.619. The Morgan fingerprint density at radius 3 is 2.39 bits per heavy atom. The molecule has 0 radical (unpaired) electrons. The molecule has 1 saturated heterocycles. The van der Waals surface area contributed by atoms with Gasteiger partial charge in [0.05, 0.1) is 0 Å². The summed E-state index contributed by atoms with van der Waals surface area (Å²) in [4.78, 5) is 19.1. The van der Waals surface area contributed by atoms with Crippen LogP contribution in [-0.4, -0.2) is 55.0 Å². The van der Waals surface area contributed by atoms with Gasteiger partial charge in [0.2, 0.25) is 5.91 Å². The first-order chi connectivity index (χ1) is 13.0. The molecule has 2 rings (SSSR count). The van der Waals surface area contributed by atoms with Gasteiger partial charge in [0.1, 0.15) is 6.54 Å². The number of hydrogen-bond acceptors (Lipinski definition) is 3. The van der Waals surface area contributed by atoms with Crippen LogP contribution in [0.5, 0.6) is 0 Å². The van der Waals surface area contributed by atoms with Gasteiger partial charge in [-0.3, -0.25) is 9.69 Å². The van der Waals surface area contributed by atoms with Crippen molar-refractivity contribution in [1.29, 1.82) is 0 Å². The molecule has 0 spiro atoms. The Kier molecular flexibility index (Phi) is 11.4. The molecule has 1 aliphatic rings. The molecule has 6 nitrogen and oxygen atoms in total. The molecule has 1 amide bonds. The van der Waals surface area contributed by atoms with Crippen LogP contribution in [0.15, 0.2) is 35.3 Å². The molecular formula is C21H36IN5O. The van der Waals surface area contributed by atoms with E-state index >= 15 is 0 Å². The van der Waals surface area contributed by atoms with Gasteiger partial charge in [-0.25, -0.2) is 4.99 Å². The van der Waals surface area contributed by atoms with Gasteiger partial charge in [-0.2, -0.15) is 0 Å². The largest absolute Gasteiger partial charge is 0.357 e. The van der Waals surface area contributed by atoms with Crippen LogP contribution in [0.25, 0.3) is 0 Å². The number of likely N-dealkylation sites (tertiary alicyclic amines) is 1. The summed E-state index contributed by atoms with van der Waals surface area (Å²) in [7, 11) is 0. The van der Waals surface area contributed by atoms with Crippen molar-refractivity contribution in [2.75, 3.05) is 32.7 Å². The SMILES string of the molecule is CCNC(=NCC(=O)NCc1ccccc1)NCC(C)(C)N1CCCCC1.I. The lowest BCUT2D eigenvalue weighted by Gasteiger charge is -2.41. The second-order valence-electron chi connectivity index (χ2n) is 7.67. The van der Waals surface area contributed by atoms with E-state index in [-0.39, 0.29) is 42.0 Å². The van der Waals surface area contributed by atoms with Crippen LogP contribution in [-0.2, 0) is 11.3 Å². The van der Waals surface area contributed by atoms with E-state index in [1.54, 1.807) is 0 Å². The van der Waals surface area contributed by atoms with Crippen LogP contribution in [0.3, 0.4) is 0 Å². The Morgan fingerprint density at radius 1 is 1.07 bits per heavy atom. The molecule has 28 heavy (non-hydrogen) atoms. The highest BCUT2D eigenvalue weighted by Gasteiger charge is 2.27. The maximum atomic E-state index is 12.1. The number of carbonyl (C=O) groups excluding carboxylic acids is 1. The van der Waals surface area contributed by atoms with Crippen molar-refractivity contribution in [1.82, 2.24) is 20.9 Å². The van der Waals surface area contributed by atoms with Crippen molar-refractivity contribution in [3.8, 4) is 0 Å². The van der Waals surface area contributed by atoms with Crippen molar-refractivity contribution in [3.05, 3.63) is 35.9 Å². The number of aliphatic imine (C=N–C) groups is 1. The van der Waals surface area contributed by atoms with E-state index < -0.39 is 0 Å². The first-order valence-electron chi connectivity index (χ1n) is 10.1. The van der Waals surface area contributed by atoms with E-state index in [1.165, 1.54) is 19.3 Å². The molecule has 1 aliphatic heterocycles. The highest BCUT2D eigenvalue weighted by atomic mass is 127. The number of halogens is 1. The molecule has 0 atom stereocenters. The molecule has 158 valence electrons. The second kappa shape index (κ2) is 13.0. The normalized spacial score (nSPS) is 15.5. The van der Waals surface area contributed by atoms with Crippen LogP contribution in [0.2, 0.25) is 0 Å². The number of hydrogen-bond donors (Lipinski definition) is 3. The third-order valence-electron chi connectivity index (χ3n) is 4.96. The minimum Gasteiger partial charge on any atom is -0.357 e. The number of carbonyl (C=O) groups is 1. The van der Waals surface area contributed by atoms with Crippen molar-refractivity contribution < 1.29 is 4.79 Å². The Hall–Kier alpha value is -1.35. The molecule has 1 heterocycles. The Labute approximate surface area is 187 Å². The molecule has 0 aliphatic carbocycles. The first-order valence-corrected chi connectivity index (χ1v) is 10.1. The quantitative estimate of drug-likeness (QED) is 0.291. The van der Waals surface area contributed by atoms with E-state index in [1.807, 2.05) is 37.3 Å². The standard InChI is InChI=1S/C21H35N5O.HI/c1-4-22-20(25-17-21(2,3)26-13-9-6-10-14-26)24-16-19(27)23-15-18-11-7-5-8-12-18;/h5,7-8,11-12H,4,6,9-10,13-17H2,1-3H3,(H,23,27)(H2,22,24,25);1H. The molecule has 1 aromatic rings. The summed E-state index contributed by atoms with van der Waals surface area (Å²) in [5.74, 6) is 0.615. The summed E-state index contributed by atoms with van der Waals surface area (Å²) in [6, 6.07) is 9.90. The number of amides is 1. The van der Waals surface area contributed by atoms with Crippen LogP contribution in [0.1, 0.15) is 45.6 Å². The van der Waals surface area contributed by atoms with Crippen LogP contribution >= 0.6 is 24.0 Å². The minimum absolute atomic E-state index is 0. The van der Waals surface area contributed by atoms with Crippen LogP contribution in [0.4, 0.5) is 0 Å². The summed E-state index contributed by atoms with van der Waals surface area (Å²) in [6.45, 7) is 11.1. The molecule has 1 aromatic carbocycles. The smallest absolute Gasteiger partial charge is 0.242 e. The first kappa shape index (κ1) is 24.7. The van der Waals surface area contributed by atoms with Gasteiger partial charge in [-0.1, -0.05) is 36.8 Å². The van der Waals surface area contributed by atoms with E-state index in [9.17, 15) is 4.79 Å². The monoisotopic (exact) mass is 501 g/mol. The molecule has 0 unspecified atom stereocenters. The highest BCUT2D eigenvalue weighted by Crippen LogP contribution is 2.19. The number of nitrogens with one attached hydrogen (secondary N) is 3. The molecular weight excluding hydrogens is 465 g/mol. The lowest BCUT2D eigenvalue weighted by atomic mass is 9.98. The van der Waals surface area contributed by atoms with Crippen LogP contribution in [0, 0.1) is 0 Å². The topological polar surface area (TPSA) is 68.8 Å². The fourth-order valence-corrected chi connectivity index (χ4v) is 3.26. The fourth-order valence-electron chi connectivity index (χ4n) is 3.26. The number of rotatable bonds is 8. The van der Waals surface area contributed by atoms with E-state index in [0.717, 1.165) is 31.7 Å². The summed E-state index contributed by atoms with van der Waals surface area (Å²) in [5, 5.41) is 9.54. The van der Waals surface area contributed by atoms with Crippen molar-refractivity contribution in [3.63, 3.8) is 0 Å². The summed E-state index contributed by atoms with van der Waals surface area (Å²) in [6.07, 6.45) is 3.89.